The zero-order valence-electron chi connectivity index (χ0n) is 9.64. The van der Waals surface area contributed by atoms with Gasteiger partial charge in [-0.2, -0.15) is 0 Å². The molecule has 16 heavy (non-hydrogen) atoms. The summed E-state index contributed by atoms with van der Waals surface area (Å²) >= 11 is 0. The molecule has 0 aliphatic rings. The molecule has 0 spiro atoms. The van der Waals surface area contributed by atoms with Gasteiger partial charge in [-0.1, -0.05) is 30.3 Å². The van der Waals surface area contributed by atoms with Crippen LogP contribution in [0.25, 0.3) is 0 Å². The third-order valence-corrected chi connectivity index (χ3v) is 2.58. The Hall–Kier alpha value is -1.83. The van der Waals surface area contributed by atoms with Crippen LogP contribution >= 0.6 is 0 Å². The molecule has 0 aliphatic heterocycles. The topological polar surface area (TPSA) is 24.9 Å². The molecule has 1 unspecified atom stereocenters. The first-order valence-corrected chi connectivity index (χ1v) is 5.50. The van der Waals surface area contributed by atoms with Gasteiger partial charge in [-0.3, -0.25) is 4.98 Å². The minimum atomic E-state index is 0.308. The van der Waals surface area contributed by atoms with Crippen molar-refractivity contribution in [2.75, 3.05) is 5.32 Å². The van der Waals surface area contributed by atoms with Gasteiger partial charge in [-0.05, 0) is 31.5 Å². The van der Waals surface area contributed by atoms with E-state index >= 15 is 0 Å². The average molecular weight is 212 g/mol. The fourth-order valence-electron chi connectivity index (χ4n) is 1.71. The summed E-state index contributed by atoms with van der Waals surface area (Å²) in [5.74, 6) is 0. The van der Waals surface area contributed by atoms with Crippen LogP contribution < -0.4 is 5.32 Å². The Labute approximate surface area is 96.4 Å². The van der Waals surface area contributed by atoms with Crippen molar-refractivity contribution < 1.29 is 0 Å². The van der Waals surface area contributed by atoms with Gasteiger partial charge in [0, 0.05) is 23.6 Å². The van der Waals surface area contributed by atoms with Crippen LogP contribution in [-0.4, -0.2) is 4.98 Å². The minimum Gasteiger partial charge on any atom is -0.378 e. The van der Waals surface area contributed by atoms with E-state index in [1.54, 1.807) is 0 Å². The van der Waals surface area contributed by atoms with Crippen molar-refractivity contribution in [3.8, 4) is 0 Å². The predicted octanol–water partition coefficient (Wildman–Crippen LogP) is 3.56. The lowest BCUT2D eigenvalue weighted by atomic mass is 10.1. The molecule has 0 fully saturated rings. The van der Waals surface area contributed by atoms with E-state index < -0.39 is 0 Å². The Bertz CT molecular complexity index is 451. The summed E-state index contributed by atoms with van der Waals surface area (Å²) < 4.78 is 0. The van der Waals surface area contributed by atoms with Crippen molar-refractivity contribution in [1.29, 1.82) is 0 Å². The molecule has 0 bridgehead atoms. The lowest BCUT2D eigenvalue weighted by molar-refractivity contribution is 0.883. The molecule has 82 valence electrons. The highest BCUT2D eigenvalue weighted by Crippen LogP contribution is 2.18. The van der Waals surface area contributed by atoms with Gasteiger partial charge in [0.2, 0.25) is 0 Å². The highest BCUT2D eigenvalue weighted by atomic mass is 14.9. The first-order chi connectivity index (χ1) is 7.75. The largest absolute Gasteiger partial charge is 0.378 e. The zero-order valence-corrected chi connectivity index (χ0v) is 9.64. The van der Waals surface area contributed by atoms with E-state index in [0.717, 1.165) is 11.4 Å². The molecule has 1 heterocycles. The summed E-state index contributed by atoms with van der Waals surface area (Å²) in [6.45, 7) is 4.16. The number of benzene rings is 1. The quantitative estimate of drug-likeness (QED) is 0.841. The van der Waals surface area contributed by atoms with Crippen LogP contribution in [0.15, 0.2) is 48.7 Å². The summed E-state index contributed by atoms with van der Waals surface area (Å²) in [6, 6.07) is 14.8. The number of aryl methyl sites for hydroxylation is 1. The Morgan fingerprint density at radius 2 is 1.88 bits per heavy atom. The fourth-order valence-corrected chi connectivity index (χ4v) is 1.71. The van der Waals surface area contributed by atoms with Gasteiger partial charge < -0.3 is 5.32 Å². The summed E-state index contributed by atoms with van der Waals surface area (Å²) in [5, 5.41) is 3.46. The van der Waals surface area contributed by atoms with Crippen LogP contribution in [0, 0.1) is 6.92 Å². The molecule has 2 nitrogen and oxygen atoms in total. The third kappa shape index (κ3) is 2.60. The zero-order chi connectivity index (χ0) is 11.4. The Balaban J connectivity index is 2.11. The van der Waals surface area contributed by atoms with Crippen LogP contribution in [0.4, 0.5) is 5.69 Å². The smallest absolute Gasteiger partial charge is 0.0485 e. The van der Waals surface area contributed by atoms with Crippen LogP contribution in [0.2, 0.25) is 0 Å². The second kappa shape index (κ2) is 4.79. The average Bonchev–Trinajstić information content (AvgIpc) is 2.30. The summed E-state index contributed by atoms with van der Waals surface area (Å²) in [6.07, 6.45) is 1.83. The summed E-state index contributed by atoms with van der Waals surface area (Å²) in [5.41, 5.74) is 3.44. The van der Waals surface area contributed by atoms with Gasteiger partial charge in [0.1, 0.15) is 0 Å². The first-order valence-electron chi connectivity index (χ1n) is 5.50. The van der Waals surface area contributed by atoms with Gasteiger partial charge in [0.25, 0.3) is 0 Å². The van der Waals surface area contributed by atoms with E-state index in [1.165, 1.54) is 5.56 Å². The van der Waals surface area contributed by atoms with Gasteiger partial charge in [-0.25, -0.2) is 0 Å². The molecule has 2 rings (SSSR count). The standard InChI is InChI=1S/C14H16N2/c1-11-10-14(8-9-15-11)16-12(2)13-6-4-3-5-7-13/h3-10,12H,1-2H3,(H,15,16). The molecule has 0 amide bonds. The molecule has 0 aliphatic carbocycles. The summed E-state index contributed by atoms with van der Waals surface area (Å²) in [7, 11) is 0. The van der Waals surface area contributed by atoms with Crippen molar-refractivity contribution in [3.63, 3.8) is 0 Å². The molecule has 0 radical (unpaired) electrons. The van der Waals surface area contributed by atoms with E-state index in [2.05, 4.69) is 47.6 Å². The molecule has 2 heteroatoms. The van der Waals surface area contributed by atoms with Gasteiger partial charge in [0.05, 0.1) is 0 Å². The number of nitrogens with zero attached hydrogens (tertiary/aromatic N) is 1. The lowest BCUT2D eigenvalue weighted by Gasteiger charge is -2.15. The van der Waals surface area contributed by atoms with Crippen molar-refractivity contribution in [3.05, 3.63) is 59.9 Å². The van der Waals surface area contributed by atoms with Gasteiger partial charge in [0.15, 0.2) is 0 Å². The molecular weight excluding hydrogens is 196 g/mol. The van der Waals surface area contributed by atoms with Crippen LogP contribution in [0.1, 0.15) is 24.2 Å². The molecule has 0 saturated heterocycles. The second-order valence-electron chi connectivity index (χ2n) is 3.96. The number of aromatic nitrogens is 1. The minimum absolute atomic E-state index is 0.308. The molecule has 1 atom stereocenters. The number of hydrogen-bond donors (Lipinski definition) is 1. The Morgan fingerprint density at radius 3 is 2.56 bits per heavy atom. The van der Waals surface area contributed by atoms with E-state index in [-0.39, 0.29) is 0 Å². The number of pyridine rings is 1. The SMILES string of the molecule is Cc1cc(NC(C)c2ccccc2)ccn1. The van der Waals surface area contributed by atoms with Gasteiger partial charge in [-0.15, -0.1) is 0 Å². The van der Waals surface area contributed by atoms with Crippen LogP contribution in [0.3, 0.4) is 0 Å². The van der Waals surface area contributed by atoms with E-state index in [1.807, 2.05) is 25.3 Å². The maximum Gasteiger partial charge on any atom is 0.0485 e. The first kappa shape index (κ1) is 10.7. The highest BCUT2D eigenvalue weighted by Gasteiger charge is 2.03. The van der Waals surface area contributed by atoms with Crippen molar-refractivity contribution >= 4 is 5.69 Å². The number of rotatable bonds is 3. The molecule has 1 aromatic heterocycles. The van der Waals surface area contributed by atoms with E-state index in [0.29, 0.717) is 6.04 Å². The predicted molar refractivity (Wildman–Crippen MR) is 67.5 cm³/mol. The van der Waals surface area contributed by atoms with Crippen LogP contribution in [0.5, 0.6) is 0 Å². The van der Waals surface area contributed by atoms with Crippen LogP contribution in [-0.2, 0) is 0 Å². The molecule has 1 N–H and O–H groups in total. The van der Waals surface area contributed by atoms with Gasteiger partial charge >= 0.3 is 0 Å². The number of nitrogens with one attached hydrogen (secondary N) is 1. The van der Waals surface area contributed by atoms with Crippen molar-refractivity contribution in [1.82, 2.24) is 4.98 Å². The maximum absolute atomic E-state index is 4.18. The third-order valence-electron chi connectivity index (χ3n) is 2.58. The summed E-state index contributed by atoms with van der Waals surface area (Å²) in [4.78, 5) is 4.18. The molecule has 1 aromatic carbocycles. The second-order valence-corrected chi connectivity index (χ2v) is 3.96. The highest BCUT2D eigenvalue weighted by molar-refractivity contribution is 5.45. The lowest BCUT2D eigenvalue weighted by Crippen LogP contribution is -2.06. The number of anilines is 1. The molecule has 2 aromatic rings. The van der Waals surface area contributed by atoms with E-state index in [4.69, 9.17) is 0 Å². The van der Waals surface area contributed by atoms with Crippen molar-refractivity contribution in [2.45, 2.75) is 19.9 Å². The Morgan fingerprint density at radius 1 is 1.12 bits per heavy atom. The van der Waals surface area contributed by atoms with Crippen molar-refractivity contribution in [2.24, 2.45) is 0 Å². The monoisotopic (exact) mass is 212 g/mol. The fraction of sp³-hybridized carbons (Fsp3) is 0.214. The Kier molecular flexibility index (Phi) is 3.20. The number of hydrogen-bond acceptors (Lipinski definition) is 2. The van der Waals surface area contributed by atoms with E-state index in [9.17, 15) is 0 Å². The normalized spacial score (nSPS) is 12.1. The maximum atomic E-state index is 4.18. The molecular formula is C14H16N2. The molecule has 0 saturated carbocycles.